The molecule has 1 saturated heterocycles. The number of nitrogens with zero attached hydrogens (tertiary/aromatic N) is 3. The van der Waals surface area contributed by atoms with Crippen LogP contribution in [0.4, 0.5) is 5.82 Å². The van der Waals surface area contributed by atoms with Crippen LogP contribution in [0.25, 0.3) is 0 Å². The van der Waals surface area contributed by atoms with Crippen LogP contribution in [0.1, 0.15) is 19.3 Å². The normalized spacial score (nSPS) is 20.3. The van der Waals surface area contributed by atoms with E-state index in [0.29, 0.717) is 0 Å². The van der Waals surface area contributed by atoms with Gasteiger partial charge in [0.2, 0.25) is 5.28 Å². The number of hydrogen-bond donors (Lipinski definition) is 1. The number of carboxylic acids is 1. The summed E-state index contributed by atoms with van der Waals surface area (Å²) in [6.07, 6.45) is 3.78. The second-order valence-corrected chi connectivity index (χ2v) is 4.57. The molecule has 1 aliphatic heterocycles. The number of hydrogen-bond acceptors (Lipinski definition) is 4. The lowest BCUT2D eigenvalue weighted by Gasteiger charge is -2.32. The van der Waals surface area contributed by atoms with Crippen molar-refractivity contribution in [1.82, 2.24) is 9.97 Å². The molecule has 5 nitrogen and oxygen atoms in total. The van der Waals surface area contributed by atoms with Crippen molar-refractivity contribution >= 4 is 23.4 Å². The van der Waals surface area contributed by atoms with E-state index in [0.717, 1.165) is 31.7 Å². The molecule has 0 aromatic carbocycles. The fourth-order valence-electron chi connectivity index (χ4n) is 2.19. The Balaban J connectivity index is 2.04. The lowest BCUT2D eigenvalue weighted by Crippen LogP contribution is -2.36. The van der Waals surface area contributed by atoms with Gasteiger partial charge in [-0.05, 0) is 36.4 Å². The summed E-state index contributed by atoms with van der Waals surface area (Å²) in [7, 11) is 0. The maximum absolute atomic E-state index is 10.7. The van der Waals surface area contributed by atoms with Crippen LogP contribution in [0, 0.1) is 5.92 Å². The van der Waals surface area contributed by atoms with Crippen molar-refractivity contribution in [2.24, 2.45) is 5.92 Å². The number of carboxylic acid groups (broad SMARTS) is 1. The second-order valence-electron chi connectivity index (χ2n) is 4.24. The number of piperidine rings is 1. The van der Waals surface area contributed by atoms with Gasteiger partial charge >= 0.3 is 5.97 Å². The van der Waals surface area contributed by atoms with Crippen LogP contribution in [-0.2, 0) is 4.79 Å². The van der Waals surface area contributed by atoms with Crippen LogP contribution >= 0.6 is 11.6 Å². The summed E-state index contributed by atoms with van der Waals surface area (Å²) in [5, 5.41) is 9.03. The van der Waals surface area contributed by atoms with E-state index in [4.69, 9.17) is 16.7 Å². The molecule has 1 aromatic rings. The zero-order chi connectivity index (χ0) is 12.3. The van der Waals surface area contributed by atoms with Crippen LogP contribution in [0.15, 0.2) is 12.3 Å². The lowest BCUT2D eigenvalue weighted by molar-refractivity contribution is -0.138. The molecule has 1 aliphatic rings. The monoisotopic (exact) mass is 255 g/mol. The molecule has 1 atom stereocenters. The fraction of sp³-hybridized carbons (Fsp3) is 0.545. The van der Waals surface area contributed by atoms with Gasteiger partial charge in [-0.3, -0.25) is 4.79 Å². The molecule has 1 N–H and O–H groups in total. The Kier molecular flexibility index (Phi) is 3.78. The molecular weight excluding hydrogens is 242 g/mol. The smallest absolute Gasteiger partial charge is 0.303 e. The van der Waals surface area contributed by atoms with Gasteiger partial charge in [-0.2, -0.15) is 0 Å². The van der Waals surface area contributed by atoms with Crippen molar-refractivity contribution in [3.63, 3.8) is 0 Å². The van der Waals surface area contributed by atoms with E-state index >= 15 is 0 Å². The molecular formula is C11H14ClN3O2. The van der Waals surface area contributed by atoms with E-state index in [1.807, 2.05) is 0 Å². The van der Waals surface area contributed by atoms with E-state index in [1.165, 1.54) is 0 Å². The molecule has 0 saturated carbocycles. The first-order chi connectivity index (χ1) is 8.15. The molecule has 1 fully saturated rings. The van der Waals surface area contributed by atoms with Gasteiger partial charge in [0, 0.05) is 25.7 Å². The van der Waals surface area contributed by atoms with Gasteiger partial charge in [0.1, 0.15) is 5.82 Å². The Morgan fingerprint density at radius 1 is 1.65 bits per heavy atom. The first-order valence-electron chi connectivity index (χ1n) is 5.60. The quantitative estimate of drug-likeness (QED) is 0.835. The Bertz CT molecular complexity index is 413. The summed E-state index contributed by atoms with van der Waals surface area (Å²) >= 11 is 5.74. The maximum Gasteiger partial charge on any atom is 0.303 e. The summed E-state index contributed by atoms with van der Waals surface area (Å²) in [5.74, 6) is 0.229. The molecule has 0 bridgehead atoms. The third-order valence-electron chi connectivity index (χ3n) is 2.92. The number of aromatic nitrogens is 2. The summed E-state index contributed by atoms with van der Waals surface area (Å²) in [5.41, 5.74) is 0. The van der Waals surface area contributed by atoms with Gasteiger partial charge in [0.25, 0.3) is 0 Å². The maximum atomic E-state index is 10.7. The molecule has 0 amide bonds. The molecule has 1 aromatic heterocycles. The molecule has 2 rings (SSSR count). The Labute approximate surface area is 104 Å². The predicted octanol–water partition coefficient (Wildman–Crippen LogP) is 1.82. The molecule has 0 radical (unpaired) electrons. The number of carbonyl (C=O) groups is 1. The third-order valence-corrected chi connectivity index (χ3v) is 3.10. The minimum atomic E-state index is -0.738. The van der Waals surface area contributed by atoms with Crippen molar-refractivity contribution in [1.29, 1.82) is 0 Å². The zero-order valence-corrected chi connectivity index (χ0v) is 10.1. The number of halogens is 1. The van der Waals surface area contributed by atoms with Gasteiger partial charge in [-0.15, -0.1) is 0 Å². The topological polar surface area (TPSA) is 66.3 Å². The lowest BCUT2D eigenvalue weighted by atomic mass is 9.95. The van der Waals surface area contributed by atoms with Crippen LogP contribution in [0.2, 0.25) is 5.28 Å². The molecule has 0 spiro atoms. The van der Waals surface area contributed by atoms with E-state index in [-0.39, 0.29) is 17.6 Å². The SMILES string of the molecule is O=C(O)CC1CCCN(c2ccnc(Cl)n2)C1. The number of aliphatic carboxylic acids is 1. The first kappa shape index (κ1) is 12.1. The van der Waals surface area contributed by atoms with Crippen molar-refractivity contribution in [3.05, 3.63) is 17.5 Å². The molecule has 1 unspecified atom stereocenters. The van der Waals surface area contributed by atoms with E-state index in [1.54, 1.807) is 12.3 Å². The van der Waals surface area contributed by atoms with Gasteiger partial charge in [-0.1, -0.05) is 0 Å². The average molecular weight is 256 g/mol. The Hall–Kier alpha value is -1.36. The summed E-state index contributed by atoms with van der Waals surface area (Å²) in [4.78, 5) is 20.8. The average Bonchev–Trinajstić information content (AvgIpc) is 2.28. The standard InChI is InChI=1S/C11H14ClN3O2/c12-11-13-4-3-9(14-11)15-5-1-2-8(7-15)6-10(16)17/h3-4,8H,1-2,5-7H2,(H,16,17). The fourth-order valence-corrected chi connectivity index (χ4v) is 2.33. The Morgan fingerprint density at radius 3 is 3.18 bits per heavy atom. The number of anilines is 1. The van der Waals surface area contributed by atoms with Crippen LogP contribution < -0.4 is 4.90 Å². The molecule has 6 heteroatoms. The van der Waals surface area contributed by atoms with Crippen LogP contribution in [-0.4, -0.2) is 34.1 Å². The summed E-state index contributed by atoms with van der Waals surface area (Å²) in [6, 6.07) is 1.80. The summed E-state index contributed by atoms with van der Waals surface area (Å²) < 4.78 is 0. The zero-order valence-electron chi connectivity index (χ0n) is 9.34. The first-order valence-corrected chi connectivity index (χ1v) is 5.98. The highest BCUT2D eigenvalue weighted by Gasteiger charge is 2.22. The van der Waals surface area contributed by atoms with Crippen LogP contribution in [0.3, 0.4) is 0 Å². The predicted molar refractivity (Wildman–Crippen MR) is 64.2 cm³/mol. The van der Waals surface area contributed by atoms with E-state index in [9.17, 15) is 4.79 Å². The van der Waals surface area contributed by atoms with Gasteiger partial charge in [0.05, 0.1) is 0 Å². The summed E-state index contributed by atoms with van der Waals surface area (Å²) in [6.45, 7) is 1.61. The van der Waals surface area contributed by atoms with Gasteiger partial charge in [-0.25, -0.2) is 9.97 Å². The molecule has 17 heavy (non-hydrogen) atoms. The largest absolute Gasteiger partial charge is 0.481 e. The molecule has 0 aliphatic carbocycles. The highest BCUT2D eigenvalue weighted by Crippen LogP contribution is 2.23. The van der Waals surface area contributed by atoms with Crippen molar-refractivity contribution < 1.29 is 9.90 Å². The van der Waals surface area contributed by atoms with E-state index < -0.39 is 5.97 Å². The molecule has 92 valence electrons. The Morgan fingerprint density at radius 2 is 2.47 bits per heavy atom. The van der Waals surface area contributed by atoms with E-state index in [2.05, 4.69) is 14.9 Å². The van der Waals surface area contributed by atoms with Gasteiger partial charge < -0.3 is 10.0 Å². The highest BCUT2D eigenvalue weighted by molar-refractivity contribution is 6.28. The van der Waals surface area contributed by atoms with Crippen molar-refractivity contribution in [3.8, 4) is 0 Å². The minimum Gasteiger partial charge on any atom is -0.481 e. The van der Waals surface area contributed by atoms with Crippen LogP contribution in [0.5, 0.6) is 0 Å². The second kappa shape index (κ2) is 5.31. The molecule has 2 heterocycles. The third kappa shape index (κ3) is 3.30. The van der Waals surface area contributed by atoms with Crippen molar-refractivity contribution in [2.45, 2.75) is 19.3 Å². The minimum absolute atomic E-state index is 0.190. The number of rotatable bonds is 3. The van der Waals surface area contributed by atoms with Crippen molar-refractivity contribution in [2.75, 3.05) is 18.0 Å². The highest BCUT2D eigenvalue weighted by atomic mass is 35.5. The van der Waals surface area contributed by atoms with Gasteiger partial charge in [0.15, 0.2) is 0 Å².